The van der Waals surface area contributed by atoms with Gasteiger partial charge in [0.05, 0.1) is 0 Å². The summed E-state index contributed by atoms with van der Waals surface area (Å²) in [4.78, 5) is 12.6. The molecule has 1 N–H and O–H groups in total. The molecule has 0 fully saturated rings. The van der Waals surface area contributed by atoms with Gasteiger partial charge in [0.2, 0.25) is 5.91 Å². The Morgan fingerprint density at radius 3 is 2.78 bits per heavy atom. The molecule has 0 aliphatic heterocycles. The number of rotatable bonds is 8. The van der Waals surface area contributed by atoms with Crippen LogP contribution >= 0.6 is 0 Å². The highest BCUT2D eigenvalue weighted by molar-refractivity contribution is 5.86. The minimum Gasteiger partial charge on any atom is -0.385 e. The first kappa shape index (κ1) is 19.2. The summed E-state index contributed by atoms with van der Waals surface area (Å²) in [5.74, 6) is 0.101. The second-order valence-corrected chi connectivity index (χ2v) is 7.08. The zero-order valence-electron chi connectivity index (χ0n) is 16.4. The van der Waals surface area contributed by atoms with Crippen molar-refractivity contribution >= 4 is 16.8 Å². The molecule has 0 radical (unpaired) electrons. The molecule has 4 heteroatoms. The van der Waals surface area contributed by atoms with Crippen molar-refractivity contribution in [3.8, 4) is 0 Å². The fourth-order valence-corrected chi connectivity index (χ4v) is 3.65. The normalized spacial score (nSPS) is 12.3. The van der Waals surface area contributed by atoms with Crippen LogP contribution in [0.3, 0.4) is 0 Å². The maximum atomic E-state index is 12.6. The Kier molecular flexibility index (Phi) is 6.30. The topological polar surface area (TPSA) is 43.3 Å². The fourth-order valence-electron chi connectivity index (χ4n) is 3.65. The smallest absolute Gasteiger partial charge is 0.220 e. The average molecular weight is 364 g/mol. The minimum atomic E-state index is 0.0263. The van der Waals surface area contributed by atoms with Gasteiger partial charge in [-0.3, -0.25) is 4.79 Å². The van der Waals surface area contributed by atoms with Crippen molar-refractivity contribution in [3.05, 3.63) is 71.4 Å². The number of benzene rings is 2. The molecule has 1 amide bonds. The van der Waals surface area contributed by atoms with Crippen LogP contribution in [0.15, 0.2) is 54.7 Å². The standard InChI is InChI=1S/C23H28N2O2/c1-17-8-6-9-18(14-17)20(15-23(26)24-12-7-13-27-3)21-16-25(2)22-11-5-4-10-19(21)22/h4-6,8-11,14,16,20H,7,12-13,15H2,1-3H3,(H,24,26). The molecule has 1 unspecified atom stereocenters. The van der Waals surface area contributed by atoms with Crippen molar-refractivity contribution in [2.24, 2.45) is 7.05 Å². The molecule has 0 saturated carbocycles. The third kappa shape index (κ3) is 4.58. The van der Waals surface area contributed by atoms with Crippen molar-refractivity contribution in [2.45, 2.75) is 25.7 Å². The van der Waals surface area contributed by atoms with E-state index in [1.54, 1.807) is 7.11 Å². The van der Waals surface area contributed by atoms with Gasteiger partial charge in [-0.15, -0.1) is 0 Å². The predicted octanol–water partition coefficient (Wildman–Crippen LogP) is 4.16. The second kappa shape index (κ2) is 8.87. The number of amides is 1. The van der Waals surface area contributed by atoms with E-state index in [-0.39, 0.29) is 11.8 Å². The third-order valence-corrected chi connectivity index (χ3v) is 4.98. The van der Waals surface area contributed by atoms with E-state index in [0.717, 1.165) is 6.42 Å². The van der Waals surface area contributed by atoms with E-state index in [1.165, 1.54) is 27.6 Å². The summed E-state index contributed by atoms with van der Waals surface area (Å²) in [5.41, 5.74) is 4.77. The summed E-state index contributed by atoms with van der Waals surface area (Å²) in [6.07, 6.45) is 3.42. The van der Waals surface area contributed by atoms with Crippen molar-refractivity contribution in [1.29, 1.82) is 0 Å². The summed E-state index contributed by atoms with van der Waals surface area (Å²) >= 11 is 0. The van der Waals surface area contributed by atoms with Gasteiger partial charge in [0, 0.05) is 56.7 Å². The van der Waals surface area contributed by atoms with Gasteiger partial charge in [-0.25, -0.2) is 0 Å². The molecule has 3 aromatic rings. The van der Waals surface area contributed by atoms with Crippen molar-refractivity contribution in [2.75, 3.05) is 20.3 Å². The van der Waals surface area contributed by atoms with Gasteiger partial charge in [0.25, 0.3) is 0 Å². The number of ether oxygens (including phenoxy) is 1. The molecule has 27 heavy (non-hydrogen) atoms. The molecule has 2 aromatic carbocycles. The number of aryl methyl sites for hydroxylation is 2. The molecule has 1 aromatic heterocycles. The van der Waals surface area contributed by atoms with Gasteiger partial charge in [-0.1, -0.05) is 48.0 Å². The highest BCUT2D eigenvalue weighted by Gasteiger charge is 2.22. The number of nitrogens with one attached hydrogen (secondary N) is 1. The fraction of sp³-hybridized carbons (Fsp3) is 0.348. The number of hydrogen-bond donors (Lipinski definition) is 1. The second-order valence-electron chi connectivity index (χ2n) is 7.08. The molecular weight excluding hydrogens is 336 g/mol. The largest absolute Gasteiger partial charge is 0.385 e. The summed E-state index contributed by atoms with van der Waals surface area (Å²) < 4.78 is 7.20. The number of methoxy groups -OCH3 is 1. The molecule has 0 spiro atoms. The van der Waals surface area contributed by atoms with Crippen LogP contribution < -0.4 is 5.32 Å². The van der Waals surface area contributed by atoms with E-state index >= 15 is 0 Å². The number of fused-ring (bicyclic) bond motifs is 1. The highest BCUT2D eigenvalue weighted by atomic mass is 16.5. The van der Waals surface area contributed by atoms with Crippen LogP contribution in [-0.2, 0) is 16.6 Å². The van der Waals surface area contributed by atoms with Crippen LogP contribution in [0, 0.1) is 6.92 Å². The lowest BCUT2D eigenvalue weighted by molar-refractivity contribution is -0.121. The summed E-state index contributed by atoms with van der Waals surface area (Å²) in [5, 5.41) is 4.24. The van der Waals surface area contributed by atoms with Gasteiger partial charge in [0.15, 0.2) is 0 Å². The van der Waals surface area contributed by atoms with E-state index in [1.807, 2.05) is 0 Å². The van der Waals surface area contributed by atoms with Crippen molar-refractivity contribution in [3.63, 3.8) is 0 Å². The Hall–Kier alpha value is -2.59. The lowest BCUT2D eigenvalue weighted by atomic mass is 9.87. The molecule has 3 rings (SSSR count). The van der Waals surface area contributed by atoms with Crippen LogP contribution in [0.1, 0.15) is 35.4 Å². The summed E-state index contributed by atoms with van der Waals surface area (Å²) in [7, 11) is 3.74. The highest BCUT2D eigenvalue weighted by Crippen LogP contribution is 2.34. The molecule has 1 atom stereocenters. The van der Waals surface area contributed by atoms with Crippen LogP contribution in [0.25, 0.3) is 10.9 Å². The molecule has 1 heterocycles. The lowest BCUT2D eigenvalue weighted by Crippen LogP contribution is -2.27. The maximum Gasteiger partial charge on any atom is 0.220 e. The number of aromatic nitrogens is 1. The Morgan fingerprint density at radius 2 is 2.00 bits per heavy atom. The predicted molar refractivity (Wildman–Crippen MR) is 110 cm³/mol. The summed E-state index contributed by atoms with van der Waals surface area (Å²) in [6.45, 7) is 3.39. The zero-order chi connectivity index (χ0) is 19.2. The van der Waals surface area contributed by atoms with Crippen LogP contribution in [0.5, 0.6) is 0 Å². The molecule has 4 nitrogen and oxygen atoms in total. The minimum absolute atomic E-state index is 0.0263. The quantitative estimate of drug-likeness (QED) is 0.610. The summed E-state index contributed by atoms with van der Waals surface area (Å²) in [6, 6.07) is 16.8. The van der Waals surface area contributed by atoms with Crippen molar-refractivity contribution in [1.82, 2.24) is 9.88 Å². The van der Waals surface area contributed by atoms with E-state index in [2.05, 4.69) is 78.6 Å². The Morgan fingerprint density at radius 1 is 1.19 bits per heavy atom. The molecule has 0 bridgehead atoms. The Balaban J connectivity index is 1.92. The van der Waals surface area contributed by atoms with E-state index in [9.17, 15) is 4.79 Å². The number of carbonyl (C=O) groups is 1. The Bertz CT molecular complexity index is 914. The first-order valence-electron chi connectivity index (χ1n) is 9.46. The van der Waals surface area contributed by atoms with Crippen LogP contribution in [0.4, 0.5) is 0 Å². The lowest BCUT2D eigenvalue weighted by Gasteiger charge is -2.18. The molecule has 0 aliphatic rings. The SMILES string of the molecule is COCCCNC(=O)CC(c1cccc(C)c1)c1cn(C)c2ccccc12. The van der Waals surface area contributed by atoms with Gasteiger partial charge in [0.1, 0.15) is 0 Å². The number of nitrogens with zero attached hydrogens (tertiary/aromatic N) is 1. The molecular formula is C23H28N2O2. The third-order valence-electron chi connectivity index (χ3n) is 4.98. The first-order valence-corrected chi connectivity index (χ1v) is 9.46. The van der Waals surface area contributed by atoms with E-state index < -0.39 is 0 Å². The zero-order valence-corrected chi connectivity index (χ0v) is 16.4. The van der Waals surface area contributed by atoms with Crippen LogP contribution in [-0.4, -0.2) is 30.7 Å². The van der Waals surface area contributed by atoms with E-state index in [0.29, 0.717) is 19.6 Å². The number of carbonyl (C=O) groups excluding carboxylic acids is 1. The Labute approximate surface area is 161 Å². The van der Waals surface area contributed by atoms with Crippen LogP contribution in [0.2, 0.25) is 0 Å². The molecule has 0 aliphatic carbocycles. The van der Waals surface area contributed by atoms with Gasteiger partial charge in [-0.05, 0) is 30.5 Å². The maximum absolute atomic E-state index is 12.6. The van der Waals surface area contributed by atoms with E-state index in [4.69, 9.17) is 4.74 Å². The average Bonchev–Trinajstić information content (AvgIpc) is 3.00. The first-order chi connectivity index (χ1) is 13.1. The van der Waals surface area contributed by atoms with Crippen molar-refractivity contribution < 1.29 is 9.53 Å². The van der Waals surface area contributed by atoms with Gasteiger partial charge in [-0.2, -0.15) is 0 Å². The van der Waals surface area contributed by atoms with Gasteiger partial charge >= 0.3 is 0 Å². The molecule has 0 saturated heterocycles. The monoisotopic (exact) mass is 364 g/mol. The molecule has 142 valence electrons. The number of hydrogen-bond acceptors (Lipinski definition) is 2. The van der Waals surface area contributed by atoms with Gasteiger partial charge < -0.3 is 14.6 Å². The number of para-hydroxylation sites is 1.